The van der Waals surface area contributed by atoms with Gasteiger partial charge in [0.05, 0.1) is 10.0 Å². The Balaban J connectivity index is 1.77. The molecule has 2 aromatic carbocycles. The molecule has 4 rings (SSSR count). The van der Waals surface area contributed by atoms with Crippen molar-refractivity contribution in [2.45, 2.75) is 0 Å². The molecular weight excluding hydrogens is 399 g/mol. The van der Waals surface area contributed by atoms with Gasteiger partial charge in [0.15, 0.2) is 11.5 Å². The Morgan fingerprint density at radius 3 is 2.50 bits per heavy atom. The summed E-state index contributed by atoms with van der Waals surface area (Å²) in [4.78, 5) is 29.1. The normalized spacial score (nSPS) is 14.1. The van der Waals surface area contributed by atoms with Gasteiger partial charge in [-0.3, -0.25) is 14.6 Å². The molecule has 1 aliphatic rings. The predicted molar refractivity (Wildman–Crippen MR) is 109 cm³/mol. The molecule has 0 spiro atoms. The molecule has 28 heavy (non-hydrogen) atoms. The van der Waals surface area contributed by atoms with E-state index < -0.39 is 0 Å². The Morgan fingerprint density at radius 1 is 1.07 bits per heavy atom. The lowest BCUT2D eigenvalue weighted by Gasteiger charge is -2.05. The van der Waals surface area contributed by atoms with Gasteiger partial charge in [-0.05, 0) is 54.1 Å². The van der Waals surface area contributed by atoms with E-state index in [-0.39, 0.29) is 27.5 Å². The number of fused-ring (bicyclic) bond motifs is 1. The number of aromatic hydroxyl groups is 1. The van der Waals surface area contributed by atoms with Gasteiger partial charge in [-0.15, -0.1) is 0 Å². The third-order valence-electron chi connectivity index (χ3n) is 4.34. The van der Waals surface area contributed by atoms with E-state index in [4.69, 9.17) is 23.2 Å². The van der Waals surface area contributed by atoms with Crippen molar-refractivity contribution in [1.29, 1.82) is 0 Å². The van der Waals surface area contributed by atoms with Gasteiger partial charge in [0.1, 0.15) is 0 Å². The van der Waals surface area contributed by atoms with Crippen LogP contribution in [0.3, 0.4) is 0 Å². The molecule has 0 bridgehead atoms. The van der Waals surface area contributed by atoms with Crippen LogP contribution in [0.5, 0.6) is 5.75 Å². The van der Waals surface area contributed by atoms with E-state index in [0.717, 1.165) is 0 Å². The number of benzene rings is 2. The molecule has 5 nitrogen and oxygen atoms in total. The third kappa shape index (κ3) is 3.26. The zero-order valence-corrected chi connectivity index (χ0v) is 15.8. The lowest BCUT2D eigenvalue weighted by molar-refractivity contribution is -0.110. The van der Waals surface area contributed by atoms with Crippen molar-refractivity contribution in [3.8, 4) is 5.75 Å². The number of aromatic nitrogens is 1. The topological polar surface area (TPSA) is 79.3 Å². The number of pyridine rings is 1. The zero-order valence-electron chi connectivity index (χ0n) is 14.2. The van der Waals surface area contributed by atoms with Crippen molar-refractivity contribution in [3.05, 3.63) is 87.2 Å². The first kappa shape index (κ1) is 18.2. The monoisotopic (exact) mass is 410 g/mol. The number of carbonyl (C=O) groups is 2. The summed E-state index contributed by atoms with van der Waals surface area (Å²) in [6.45, 7) is 0. The van der Waals surface area contributed by atoms with Crippen LogP contribution in [-0.2, 0) is 4.79 Å². The van der Waals surface area contributed by atoms with Gasteiger partial charge in [-0.25, -0.2) is 0 Å². The van der Waals surface area contributed by atoms with Gasteiger partial charge in [0.25, 0.3) is 5.91 Å². The van der Waals surface area contributed by atoms with E-state index in [0.29, 0.717) is 33.5 Å². The Kier molecular flexibility index (Phi) is 4.63. The van der Waals surface area contributed by atoms with Crippen LogP contribution in [-0.4, -0.2) is 21.8 Å². The van der Waals surface area contributed by atoms with Crippen molar-refractivity contribution < 1.29 is 14.7 Å². The fourth-order valence-corrected chi connectivity index (χ4v) is 3.48. The van der Waals surface area contributed by atoms with Crippen LogP contribution in [0.2, 0.25) is 10.0 Å². The van der Waals surface area contributed by atoms with Crippen molar-refractivity contribution in [2.24, 2.45) is 0 Å². The number of hydrogen-bond donors (Lipinski definition) is 2. The summed E-state index contributed by atoms with van der Waals surface area (Å²) in [6, 6.07) is 11.4. The van der Waals surface area contributed by atoms with Crippen molar-refractivity contribution in [2.75, 3.05) is 5.32 Å². The van der Waals surface area contributed by atoms with E-state index in [1.54, 1.807) is 42.6 Å². The fraction of sp³-hybridized carbons (Fsp3) is 0. The largest absolute Gasteiger partial charge is 0.505 e. The molecule has 2 N–H and O–H groups in total. The lowest BCUT2D eigenvalue weighted by atomic mass is 9.98. The number of nitrogens with one attached hydrogen (secondary N) is 1. The number of hydrogen-bond acceptors (Lipinski definition) is 4. The minimum absolute atomic E-state index is 0.0819. The van der Waals surface area contributed by atoms with Gasteiger partial charge in [0.2, 0.25) is 0 Å². The Bertz CT molecular complexity index is 1130. The minimum Gasteiger partial charge on any atom is -0.505 e. The summed E-state index contributed by atoms with van der Waals surface area (Å²) < 4.78 is 0. The van der Waals surface area contributed by atoms with Gasteiger partial charge < -0.3 is 10.4 Å². The highest BCUT2D eigenvalue weighted by Gasteiger charge is 2.25. The molecule has 2 heterocycles. The second kappa shape index (κ2) is 7.11. The summed E-state index contributed by atoms with van der Waals surface area (Å²) in [6.07, 6.45) is 4.70. The van der Waals surface area contributed by atoms with Crippen LogP contribution >= 0.6 is 23.2 Å². The predicted octanol–water partition coefficient (Wildman–Crippen LogP) is 4.82. The fourth-order valence-electron chi connectivity index (χ4n) is 2.97. The maximum Gasteiger partial charge on any atom is 0.256 e. The molecule has 0 radical (unpaired) electrons. The third-order valence-corrected chi connectivity index (χ3v) is 4.91. The quantitative estimate of drug-likeness (QED) is 0.479. The Hall–Kier alpha value is -3.15. The summed E-state index contributed by atoms with van der Waals surface area (Å²) in [5.74, 6) is -0.710. The standard InChI is InChI=1S/C21H12Cl2N2O3/c22-16-7-11(8-17(23)20(16)27)6-15-14-9-12(3-4-18(14)25-21(15)28)19(26)13-2-1-5-24-10-13/h1-10,27H,(H,25,28). The number of anilines is 1. The molecule has 7 heteroatoms. The average molecular weight is 411 g/mol. The van der Waals surface area contributed by atoms with E-state index in [9.17, 15) is 14.7 Å². The SMILES string of the molecule is O=C1Nc2ccc(C(=O)c3cccnc3)cc2C1=Cc1cc(Cl)c(O)c(Cl)c1. The average Bonchev–Trinajstić information content (AvgIpc) is 3.00. The van der Waals surface area contributed by atoms with Crippen LogP contribution in [0.25, 0.3) is 11.6 Å². The molecular formula is C21H12Cl2N2O3. The maximum atomic E-state index is 12.7. The highest BCUT2D eigenvalue weighted by molar-refractivity contribution is 6.38. The summed E-state index contributed by atoms with van der Waals surface area (Å²) in [5.41, 5.74) is 3.02. The number of nitrogens with zero attached hydrogens (tertiary/aromatic N) is 1. The number of phenolic OH excluding ortho intramolecular Hbond substituents is 1. The number of carbonyl (C=O) groups excluding carboxylic acids is 2. The minimum atomic E-state index is -0.304. The van der Waals surface area contributed by atoms with E-state index in [2.05, 4.69) is 10.3 Å². The van der Waals surface area contributed by atoms with E-state index in [1.807, 2.05) is 0 Å². The number of phenols is 1. The zero-order chi connectivity index (χ0) is 19.8. The first-order valence-electron chi connectivity index (χ1n) is 8.24. The molecule has 138 valence electrons. The second-order valence-electron chi connectivity index (χ2n) is 6.18. The number of rotatable bonds is 3. The molecule has 0 aliphatic carbocycles. The van der Waals surface area contributed by atoms with Gasteiger partial charge in [0, 0.05) is 40.3 Å². The van der Waals surface area contributed by atoms with Crippen LogP contribution in [0.15, 0.2) is 54.9 Å². The molecule has 0 unspecified atom stereocenters. The summed E-state index contributed by atoms with van der Waals surface area (Å²) in [7, 11) is 0. The molecule has 0 atom stereocenters. The van der Waals surface area contributed by atoms with Crippen molar-refractivity contribution in [3.63, 3.8) is 0 Å². The van der Waals surface area contributed by atoms with Crippen LogP contribution in [0.4, 0.5) is 5.69 Å². The molecule has 0 saturated heterocycles. The number of amides is 1. The lowest BCUT2D eigenvalue weighted by Crippen LogP contribution is -2.03. The first-order chi connectivity index (χ1) is 13.4. The highest BCUT2D eigenvalue weighted by atomic mass is 35.5. The summed E-state index contributed by atoms with van der Waals surface area (Å²) >= 11 is 11.9. The summed E-state index contributed by atoms with van der Waals surface area (Å²) in [5, 5.41) is 12.6. The molecule has 1 aromatic heterocycles. The molecule has 0 fully saturated rings. The Labute approximate surface area is 170 Å². The smallest absolute Gasteiger partial charge is 0.256 e. The van der Waals surface area contributed by atoms with Crippen molar-refractivity contribution in [1.82, 2.24) is 4.98 Å². The molecule has 0 saturated carbocycles. The second-order valence-corrected chi connectivity index (χ2v) is 6.99. The first-order valence-corrected chi connectivity index (χ1v) is 9.00. The van der Waals surface area contributed by atoms with Crippen LogP contribution in [0, 0.1) is 0 Å². The van der Waals surface area contributed by atoms with E-state index in [1.165, 1.54) is 18.3 Å². The van der Waals surface area contributed by atoms with Crippen LogP contribution < -0.4 is 5.32 Å². The Morgan fingerprint density at radius 2 is 1.82 bits per heavy atom. The highest BCUT2D eigenvalue weighted by Crippen LogP contribution is 2.37. The maximum absolute atomic E-state index is 12.7. The van der Waals surface area contributed by atoms with Crippen LogP contribution in [0.1, 0.15) is 27.0 Å². The number of ketones is 1. The molecule has 1 amide bonds. The van der Waals surface area contributed by atoms with Gasteiger partial charge in [-0.2, -0.15) is 0 Å². The van der Waals surface area contributed by atoms with Crippen molar-refractivity contribution >= 4 is 52.2 Å². The van der Waals surface area contributed by atoms with E-state index >= 15 is 0 Å². The van der Waals surface area contributed by atoms with Gasteiger partial charge in [-0.1, -0.05) is 23.2 Å². The molecule has 3 aromatic rings. The number of halogens is 2. The van der Waals surface area contributed by atoms with Gasteiger partial charge >= 0.3 is 0 Å². The molecule has 1 aliphatic heterocycles.